The molecule has 0 radical (unpaired) electrons. The molecule has 1 saturated heterocycles. The smallest absolute Gasteiger partial charge is 0.330 e. The molecule has 3 saturated carbocycles. The second kappa shape index (κ2) is 12.5. The second-order valence-corrected chi connectivity index (χ2v) is 15.1. The van der Waals surface area contributed by atoms with Crippen LogP contribution in [0.3, 0.4) is 0 Å². The fourth-order valence-electron chi connectivity index (χ4n) is 9.66. The van der Waals surface area contributed by atoms with Crippen molar-refractivity contribution in [2.45, 2.75) is 103 Å². The summed E-state index contributed by atoms with van der Waals surface area (Å²) >= 11 is 0. The summed E-state index contributed by atoms with van der Waals surface area (Å²) in [5, 5.41) is 40.7. The summed E-state index contributed by atoms with van der Waals surface area (Å²) in [6.45, 7) is 11.5. The Balaban J connectivity index is 1.23. The lowest BCUT2D eigenvalue weighted by Crippen LogP contribution is -2.63. The highest BCUT2D eigenvalue weighted by atomic mass is 16.5. The molecule has 0 amide bonds. The van der Waals surface area contributed by atoms with Crippen LogP contribution in [0, 0.1) is 39.9 Å². The Morgan fingerprint density at radius 1 is 1.23 bits per heavy atom. The molecule has 14 heteroatoms. The molecule has 6 rings (SSSR count). The first-order chi connectivity index (χ1) is 22.7. The lowest BCUT2D eigenvalue weighted by Gasteiger charge is -2.61. The standard InChI is InChI=1S/C34H47N5O9/c1-6-32(4)14-24(33(5)18(2)7-10-34(19(3)29(32)45)11-8-22(41)28(33)34)48-26(43)16-38-15-20(36-37-38)13-21-27(44)23(17-40)47-30(21)39-12-9-25(42)35-31(39)46/h6,9,12,15,18-19,21,23-24,27-30,40,44-45H,1,7-8,10-11,13-14,16-17H2,2-5H3,(H,35,42,46)/t18-,19+,21-,23-,24-,27+,28+,29+,30-,32-,33+,34+/m1/s1. The zero-order chi connectivity index (χ0) is 34.8. The third-order valence-corrected chi connectivity index (χ3v) is 12.7. The molecule has 0 unspecified atom stereocenters. The summed E-state index contributed by atoms with van der Waals surface area (Å²) in [7, 11) is 0. The van der Waals surface area contributed by atoms with Gasteiger partial charge in [-0.2, -0.15) is 0 Å². The number of aliphatic hydroxyl groups excluding tert-OH is 3. The van der Waals surface area contributed by atoms with Crippen LogP contribution in [0.25, 0.3) is 0 Å². The van der Waals surface area contributed by atoms with Gasteiger partial charge in [0.2, 0.25) is 0 Å². The topological polar surface area (TPSA) is 199 Å². The van der Waals surface area contributed by atoms with Gasteiger partial charge in [-0.05, 0) is 42.9 Å². The number of nitrogens with zero attached hydrogens (tertiary/aromatic N) is 4. The Kier molecular flexibility index (Phi) is 8.93. The average Bonchev–Trinajstić information content (AvgIpc) is 3.73. The number of aromatic nitrogens is 5. The molecule has 3 heterocycles. The normalized spacial score (nSPS) is 41.0. The van der Waals surface area contributed by atoms with Gasteiger partial charge >= 0.3 is 11.7 Å². The number of ether oxygens (including phenoxy) is 2. The minimum atomic E-state index is -1.16. The van der Waals surface area contributed by atoms with E-state index in [4.69, 9.17) is 9.47 Å². The van der Waals surface area contributed by atoms with Crippen LogP contribution in [0.4, 0.5) is 0 Å². The van der Waals surface area contributed by atoms with Gasteiger partial charge in [0, 0.05) is 54.0 Å². The molecule has 2 aromatic rings. The lowest BCUT2D eigenvalue weighted by atomic mass is 9.44. The number of esters is 1. The van der Waals surface area contributed by atoms with Gasteiger partial charge in [0.05, 0.1) is 24.5 Å². The zero-order valence-corrected chi connectivity index (χ0v) is 27.9. The number of aromatic amines is 1. The highest BCUT2D eigenvalue weighted by Crippen LogP contribution is 2.68. The van der Waals surface area contributed by atoms with Gasteiger partial charge in [0.25, 0.3) is 5.56 Å². The van der Waals surface area contributed by atoms with E-state index in [-0.39, 0.29) is 41.9 Å². The van der Waals surface area contributed by atoms with Crippen molar-refractivity contribution < 1.29 is 34.4 Å². The number of ketones is 1. The van der Waals surface area contributed by atoms with Crippen LogP contribution in [0.2, 0.25) is 0 Å². The lowest BCUT2D eigenvalue weighted by molar-refractivity contribution is -0.207. The van der Waals surface area contributed by atoms with Crippen molar-refractivity contribution >= 4 is 11.8 Å². The van der Waals surface area contributed by atoms with Crippen LogP contribution in [0.15, 0.2) is 40.7 Å². The van der Waals surface area contributed by atoms with Gasteiger partial charge in [-0.3, -0.25) is 23.9 Å². The molecule has 0 aromatic carbocycles. The monoisotopic (exact) mass is 669 g/mol. The van der Waals surface area contributed by atoms with Gasteiger partial charge in [-0.15, -0.1) is 11.7 Å². The molecule has 2 aromatic heterocycles. The van der Waals surface area contributed by atoms with Crippen molar-refractivity contribution in [2.24, 2.45) is 39.9 Å². The molecule has 0 spiro atoms. The van der Waals surface area contributed by atoms with Crippen LogP contribution < -0.4 is 11.2 Å². The number of rotatable bonds is 8. The molecule has 2 bridgehead atoms. The summed E-state index contributed by atoms with van der Waals surface area (Å²) < 4.78 is 14.6. The van der Waals surface area contributed by atoms with E-state index in [9.17, 15) is 34.5 Å². The summed E-state index contributed by atoms with van der Waals surface area (Å²) in [5.74, 6) is -1.50. The van der Waals surface area contributed by atoms with Crippen molar-refractivity contribution in [3.8, 4) is 0 Å². The third-order valence-electron chi connectivity index (χ3n) is 12.7. The van der Waals surface area contributed by atoms with Crippen molar-refractivity contribution in [3.05, 3.63) is 57.6 Å². The molecule has 3 aliphatic carbocycles. The predicted octanol–water partition coefficient (Wildman–Crippen LogP) is 1.14. The quantitative estimate of drug-likeness (QED) is 0.232. The SMILES string of the molecule is C=C[C@]1(C)C[C@@H](OC(=O)Cn2cc(C[C@@H]3[C@H](O)[C@@H](CO)O[C@H]3n3ccc(=O)[nH]c3=O)nn2)[C@]2(C)[C@H](C)CC[C@]3(CCC(=O)[C@H]32)[C@@H](C)[C@@H]1O. The average molecular weight is 670 g/mol. The van der Waals surface area contributed by atoms with Gasteiger partial charge < -0.3 is 24.8 Å². The summed E-state index contributed by atoms with van der Waals surface area (Å²) in [4.78, 5) is 53.6. The molecule has 262 valence electrons. The highest BCUT2D eigenvalue weighted by Gasteiger charge is 2.68. The number of carbonyl (C=O) groups excluding carboxylic acids is 2. The first-order valence-corrected chi connectivity index (χ1v) is 16.9. The molecule has 12 atom stereocenters. The molecular weight excluding hydrogens is 622 g/mol. The van der Waals surface area contributed by atoms with Gasteiger partial charge in [-0.1, -0.05) is 39.0 Å². The molecule has 48 heavy (non-hydrogen) atoms. The van der Waals surface area contributed by atoms with Gasteiger partial charge in [0.1, 0.15) is 30.8 Å². The van der Waals surface area contributed by atoms with Crippen LogP contribution >= 0.6 is 0 Å². The number of hydrogen-bond donors (Lipinski definition) is 4. The number of H-pyrrole nitrogens is 1. The molecule has 14 nitrogen and oxygen atoms in total. The van der Waals surface area contributed by atoms with Crippen molar-refractivity contribution in [1.29, 1.82) is 0 Å². The zero-order valence-electron chi connectivity index (χ0n) is 27.9. The fourth-order valence-corrected chi connectivity index (χ4v) is 9.66. The van der Waals surface area contributed by atoms with E-state index in [1.165, 1.54) is 10.9 Å². The molecular formula is C34H47N5O9. The summed E-state index contributed by atoms with van der Waals surface area (Å²) in [5.41, 5.74) is -2.70. The summed E-state index contributed by atoms with van der Waals surface area (Å²) in [6.07, 6.45) is 3.27. The maximum atomic E-state index is 13.7. The van der Waals surface area contributed by atoms with E-state index in [1.807, 2.05) is 6.92 Å². The van der Waals surface area contributed by atoms with E-state index in [0.717, 1.165) is 23.5 Å². The van der Waals surface area contributed by atoms with Crippen LogP contribution in [0.5, 0.6) is 0 Å². The number of nitrogens with one attached hydrogen (secondary N) is 1. The van der Waals surface area contributed by atoms with Crippen LogP contribution in [-0.4, -0.2) is 82.6 Å². The molecule has 4 aliphatic rings. The van der Waals surface area contributed by atoms with E-state index < -0.39 is 71.2 Å². The number of carbonyl (C=O) groups is 2. The van der Waals surface area contributed by atoms with Gasteiger partial charge in [0.15, 0.2) is 0 Å². The minimum Gasteiger partial charge on any atom is -0.460 e. The maximum Gasteiger partial charge on any atom is 0.330 e. The predicted molar refractivity (Wildman–Crippen MR) is 170 cm³/mol. The van der Waals surface area contributed by atoms with E-state index in [2.05, 4.69) is 42.6 Å². The maximum absolute atomic E-state index is 13.7. The van der Waals surface area contributed by atoms with Crippen molar-refractivity contribution in [1.82, 2.24) is 24.5 Å². The molecule has 1 aliphatic heterocycles. The van der Waals surface area contributed by atoms with E-state index in [0.29, 0.717) is 25.0 Å². The molecule has 4 N–H and O–H groups in total. The Labute approximate surface area is 278 Å². The van der Waals surface area contributed by atoms with Gasteiger partial charge in [-0.25, -0.2) is 9.48 Å². The fraction of sp³-hybridized carbons (Fsp3) is 0.706. The number of Topliss-reactive ketones (excluding diaryl/α,β-unsaturated/α-hetero) is 1. The van der Waals surface area contributed by atoms with E-state index in [1.54, 1.807) is 12.3 Å². The Morgan fingerprint density at radius 2 is 1.98 bits per heavy atom. The Bertz CT molecular complexity index is 1690. The van der Waals surface area contributed by atoms with Crippen molar-refractivity contribution in [2.75, 3.05) is 6.61 Å². The minimum absolute atomic E-state index is 0.0841. The van der Waals surface area contributed by atoms with Crippen LogP contribution in [0.1, 0.15) is 71.7 Å². The summed E-state index contributed by atoms with van der Waals surface area (Å²) in [6, 6.07) is 1.16. The third kappa shape index (κ3) is 5.40. The second-order valence-electron chi connectivity index (χ2n) is 15.1. The van der Waals surface area contributed by atoms with Crippen LogP contribution in [-0.2, 0) is 32.0 Å². The van der Waals surface area contributed by atoms with E-state index >= 15 is 0 Å². The largest absolute Gasteiger partial charge is 0.460 e. The number of aliphatic hydroxyl groups is 3. The van der Waals surface area contributed by atoms with Crippen molar-refractivity contribution in [3.63, 3.8) is 0 Å². The molecule has 4 fully saturated rings. The number of hydrogen-bond acceptors (Lipinski definition) is 11. The Hall–Kier alpha value is -3.46. The first-order valence-electron chi connectivity index (χ1n) is 16.9. The highest BCUT2D eigenvalue weighted by molar-refractivity contribution is 5.85. The Morgan fingerprint density at radius 3 is 2.67 bits per heavy atom. The first kappa shape index (κ1) is 34.4.